The minimum Gasteiger partial charge on any atom is -0.265 e. The Morgan fingerprint density at radius 1 is 1.07 bits per heavy atom. The number of aryl methyl sites for hydroxylation is 1. The molecule has 2 heterocycles. The number of pyridine rings is 2. The predicted octanol–water partition coefficient (Wildman–Crippen LogP) is 2.59. The van der Waals surface area contributed by atoms with Crippen LogP contribution in [0.1, 0.15) is 5.69 Å². The van der Waals surface area contributed by atoms with Gasteiger partial charge in [0.05, 0.1) is 0 Å². The van der Waals surface area contributed by atoms with Gasteiger partial charge in [0.25, 0.3) is 0 Å². The SMILES string of the molecule is Cc1ccc(F)c(-c2ccncc2)n1. The van der Waals surface area contributed by atoms with Crippen molar-refractivity contribution in [1.29, 1.82) is 0 Å². The minimum atomic E-state index is -0.304. The molecule has 2 aromatic rings. The van der Waals surface area contributed by atoms with Gasteiger partial charge in [0.15, 0.2) is 0 Å². The number of aromatic nitrogens is 2. The Bertz CT molecular complexity index is 440. The summed E-state index contributed by atoms with van der Waals surface area (Å²) in [6.45, 7) is 1.84. The number of nitrogens with zero attached hydrogens (tertiary/aromatic N) is 2. The fourth-order valence-corrected chi connectivity index (χ4v) is 1.25. The van der Waals surface area contributed by atoms with Crippen molar-refractivity contribution in [2.24, 2.45) is 0 Å². The highest BCUT2D eigenvalue weighted by Gasteiger charge is 2.05. The molecule has 0 aliphatic heterocycles. The van der Waals surface area contributed by atoms with E-state index in [0.29, 0.717) is 5.69 Å². The van der Waals surface area contributed by atoms with E-state index in [1.807, 2.05) is 6.92 Å². The Hall–Kier alpha value is -1.77. The molecule has 0 N–H and O–H groups in total. The van der Waals surface area contributed by atoms with Gasteiger partial charge in [-0.25, -0.2) is 4.39 Å². The summed E-state index contributed by atoms with van der Waals surface area (Å²) in [5.41, 5.74) is 1.94. The molecule has 0 atom stereocenters. The number of hydrogen-bond acceptors (Lipinski definition) is 2. The van der Waals surface area contributed by atoms with Crippen molar-refractivity contribution < 1.29 is 4.39 Å². The van der Waals surface area contributed by atoms with E-state index < -0.39 is 0 Å². The van der Waals surface area contributed by atoms with Gasteiger partial charge in [-0.1, -0.05) is 0 Å². The summed E-state index contributed by atoms with van der Waals surface area (Å²) in [5, 5.41) is 0. The van der Waals surface area contributed by atoms with E-state index in [0.717, 1.165) is 11.3 Å². The molecule has 0 saturated carbocycles. The molecule has 0 aromatic carbocycles. The first-order valence-electron chi connectivity index (χ1n) is 4.31. The van der Waals surface area contributed by atoms with Gasteiger partial charge < -0.3 is 0 Å². The lowest BCUT2D eigenvalue weighted by Gasteiger charge is -2.02. The smallest absolute Gasteiger partial charge is 0.149 e. The third-order valence-electron chi connectivity index (χ3n) is 1.94. The monoisotopic (exact) mass is 188 g/mol. The van der Waals surface area contributed by atoms with Crippen molar-refractivity contribution in [2.75, 3.05) is 0 Å². The molecular weight excluding hydrogens is 179 g/mol. The number of halogens is 1. The first-order chi connectivity index (χ1) is 6.77. The lowest BCUT2D eigenvalue weighted by Crippen LogP contribution is -1.91. The van der Waals surface area contributed by atoms with Crippen molar-refractivity contribution in [1.82, 2.24) is 9.97 Å². The Morgan fingerprint density at radius 3 is 2.50 bits per heavy atom. The molecule has 2 nitrogen and oxygen atoms in total. The molecule has 2 aromatic heterocycles. The standard InChI is InChI=1S/C11H9FN2/c1-8-2-3-10(12)11(14-8)9-4-6-13-7-5-9/h2-7H,1H3. The topological polar surface area (TPSA) is 25.8 Å². The highest BCUT2D eigenvalue weighted by Crippen LogP contribution is 2.19. The van der Waals surface area contributed by atoms with Crippen molar-refractivity contribution in [2.45, 2.75) is 6.92 Å². The first kappa shape index (κ1) is 8.81. The average Bonchev–Trinajstić information content (AvgIpc) is 2.23. The Kier molecular flexibility index (Phi) is 2.23. The molecule has 0 spiro atoms. The van der Waals surface area contributed by atoms with E-state index >= 15 is 0 Å². The van der Waals surface area contributed by atoms with Crippen molar-refractivity contribution in [3.8, 4) is 11.3 Å². The van der Waals surface area contributed by atoms with Gasteiger partial charge >= 0.3 is 0 Å². The molecule has 0 bridgehead atoms. The molecule has 14 heavy (non-hydrogen) atoms. The number of rotatable bonds is 1. The molecule has 0 fully saturated rings. The lowest BCUT2D eigenvalue weighted by atomic mass is 10.1. The van der Waals surface area contributed by atoms with Crippen LogP contribution in [-0.2, 0) is 0 Å². The van der Waals surface area contributed by atoms with Crippen LogP contribution in [0.5, 0.6) is 0 Å². The van der Waals surface area contributed by atoms with Gasteiger partial charge in [-0.15, -0.1) is 0 Å². The largest absolute Gasteiger partial charge is 0.265 e. The summed E-state index contributed by atoms with van der Waals surface area (Å²) < 4.78 is 13.4. The Labute approximate surface area is 81.5 Å². The second kappa shape index (κ2) is 3.54. The maximum atomic E-state index is 13.4. The summed E-state index contributed by atoms with van der Waals surface area (Å²) >= 11 is 0. The van der Waals surface area contributed by atoms with Crippen LogP contribution < -0.4 is 0 Å². The van der Waals surface area contributed by atoms with Crippen LogP contribution in [0, 0.1) is 12.7 Å². The van der Waals surface area contributed by atoms with Crippen molar-refractivity contribution in [3.05, 3.63) is 48.2 Å². The third-order valence-corrected chi connectivity index (χ3v) is 1.94. The quantitative estimate of drug-likeness (QED) is 0.687. The number of hydrogen-bond donors (Lipinski definition) is 0. The van der Waals surface area contributed by atoms with E-state index in [1.165, 1.54) is 6.07 Å². The molecule has 3 heteroatoms. The van der Waals surface area contributed by atoms with Crippen molar-refractivity contribution >= 4 is 0 Å². The van der Waals surface area contributed by atoms with Crippen LogP contribution in [0.25, 0.3) is 11.3 Å². The molecule has 70 valence electrons. The maximum absolute atomic E-state index is 13.4. The van der Waals surface area contributed by atoms with E-state index in [-0.39, 0.29) is 5.82 Å². The van der Waals surface area contributed by atoms with Gasteiger partial charge in [0.1, 0.15) is 11.5 Å². The molecular formula is C11H9FN2. The zero-order chi connectivity index (χ0) is 9.97. The average molecular weight is 188 g/mol. The molecule has 0 unspecified atom stereocenters. The molecule has 0 saturated heterocycles. The summed E-state index contributed by atoms with van der Waals surface area (Å²) in [4.78, 5) is 8.01. The maximum Gasteiger partial charge on any atom is 0.149 e. The van der Waals surface area contributed by atoms with Gasteiger partial charge in [-0.05, 0) is 31.2 Å². The third kappa shape index (κ3) is 1.62. The van der Waals surface area contributed by atoms with Crippen LogP contribution >= 0.6 is 0 Å². The fourth-order valence-electron chi connectivity index (χ4n) is 1.25. The van der Waals surface area contributed by atoms with Gasteiger partial charge in [0.2, 0.25) is 0 Å². The summed E-state index contributed by atoms with van der Waals surface area (Å²) in [6.07, 6.45) is 3.25. The summed E-state index contributed by atoms with van der Waals surface area (Å²) in [6, 6.07) is 6.56. The fraction of sp³-hybridized carbons (Fsp3) is 0.0909. The van der Waals surface area contributed by atoms with Gasteiger partial charge in [-0.2, -0.15) is 0 Å². The summed E-state index contributed by atoms with van der Waals surface area (Å²) in [5.74, 6) is -0.304. The Balaban J connectivity index is 2.57. The normalized spacial score (nSPS) is 10.1. The first-order valence-corrected chi connectivity index (χ1v) is 4.31. The molecule has 2 rings (SSSR count). The van der Waals surface area contributed by atoms with E-state index in [1.54, 1.807) is 30.6 Å². The summed E-state index contributed by atoms with van der Waals surface area (Å²) in [7, 11) is 0. The highest BCUT2D eigenvalue weighted by molar-refractivity contribution is 5.58. The van der Waals surface area contributed by atoms with Crippen LogP contribution in [0.3, 0.4) is 0 Å². The molecule has 0 aliphatic rings. The van der Waals surface area contributed by atoms with E-state index in [9.17, 15) is 4.39 Å². The van der Waals surface area contributed by atoms with Crippen LogP contribution in [0.2, 0.25) is 0 Å². The molecule has 0 amide bonds. The highest BCUT2D eigenvalue weighted by atomic mass is 19.1. The second-order valence-electron chi connectivity index (χ2n) is 3.02. The lowest BCUT2D eigenvalue weighted by molar-refractivity contribution is 0.624. The van der Waals surface area contributed by atoms with Gasteiger partial charge in [-0.3, -0.25) is 9.97 Å². The van der Waals surface area contributed by atoms with Crippen LogP contribution in [-0.4, -0.2) is 9.97 Å². The molecule has 0 aliphatic carbocycles. The van der Waals surface area contributed by atoms with E-state index in [2.05, 4.69) is 9.97 Å². The predicted molar refractivity (Wildman–Crippen MR) is 52.2 cm³/mol. The van der Waals surface area contributed by atoms with Crippen LogP contribution in [0.4, 0.5) is 4.39 Å². The Morgan fingerprint density at radius 2 is 1.79 bits per heavy atom. The van der Waals surface area contributed by atoms with Crippen molar-refractivity contribution in [3.63, 3.8) is 0 Å². The zero-order valence-electron chi connectivity index (χ0n) is 7.74. The zero-order valence-corrected chi connectivity index (χ0v) is 7.74. The molecule has 0 radical (unpaired) electrons. The van der Waals surface area contributed by atoms with Gasteiger partial charge in [0, 0.05) is 23.7 Å². The van der Waals surface area contributed by atoms with Crippen LogP contribution in [0.15, 0.2) is 36.7 Å². The second-order valence-corrected chi connectivity index (χ2v) is 3.02. The minimum absolute atomic E-state index is 0.304. The van der Waals surface area contributed by atoms with E-state index in [4.69, 9.17) is 0 Å².